The summed E-state index contributed by atoms with van der Waals surface area (Å²) < 4.78 is 20.3. The molecule has 0 atom stereocenters. The number of fused-ring (bicyclic) bond motifs is 1. The van der Waals surface area contributed by atoms with Crippen LogP contribution in [0.5, 0.6) is 0 Å². The van der Waals surface area contributed by atoms with Crippen molar-refractivity contribution >= 4 is 22.8 Å². The number of halogens is 1. The molecule has 0 aliphatic heterocycles. The number of anilines is 1. The molecule has 1 aromatic carbocycles. The number of hydrogen-bond donors (Lipinski definition) is 0. The van der Waals surface area contributed by atoms with Gasteiger partial charge in [-0.25, -0.2) is 9.07 Å². The second-order valence-corrected chi connectivity index (χ2v) is 5.08. The lowest BCUT2D eigenvalue weighted by atomic mass is 10.1. The molecule has 8 nitrogen and oxygen atoms in total. The molecule has 2 heterocycles. The van der Waals surface area contributed by atoms with Gasteiger partial charge in [0.15, 0.2) is 0 Å². The highest BCUT2D eigenvalue weighted by Crippen LogP contribution is 2.21. The standard InChI is InChI=1S/C15H15FN6O2/c1-21-15(18-19-20-21)22(6-7-24-2)14(23)12-9-11(16)8-10-4-3-5-17-13(10)12/h3-5,8-9H,6-7H2,1-2H3. The highest BCUT2D eigenvalue weighted by atomic mass is 19.1. The molecular weight excluding hydrogens is 315 g/mol. The van der Waals surface area contributed by atoms with Crippen LogP contribution in [0.1, 0.15) is 10.4 Å². The van der Waals surface area contributed by atoms with E-state index in [4.69, 9.17) is 4.74 Å². The molecule has 0 bridgehead atoms. The Labute approximate surface area is 136 Å². The third kappa shape index (κ3) is 2.93. The maximum absolute atomic E-state index is 13.9. The van der Waals surface area contributed by atoms with Crippen LogP contribution in [0.15, 0.2) is 30.5 Å². The van der Waals surface area contributed by atoms with Crippen LogP contribution in [-0.2, 0) is 11.8 Å². The molecule has 0 unspecified atom stereocenters. The lowest BCUT2D eigenvalue weighted by Gasteiger charge is -2.20. The van der Waals surface area contributed by atoms with E-state index in [1.165, 1.54) is 28.8 Å². The molecule has 0 radical (unpaired) electrons. The van der Waals surface area contributed by atoms with Gasteiger partial charge in [-0.3, -0.25) is 14.7 Å². The van der Waals surface area contributed by atoms with Crippen molar-refractivity contribution in [1.82, 2.24) is 25.2 Å². The largest absolute Gasteiger partial charge is 0.383 e. The molecule has 1 amide bonds. The highest BCUT2D eigenvalue weighted by Gasteiger charge is 2.24. The minimum atomic E-state index is -0.512. The SMILES string of the molecule is COCCN(C(=O)c1cc(F)cc2cccnc12)c1nnnn1C. The molecule has 24 heavy (non-hydrogen) atoms. The Hall–Kier alpha value is -2.94. The average Bonchev–Trinajstić information content (AvgIpc) is 3.00. The molecule has 3 aromatic rings. The number of carbonyl (C=O) groups excluding carboxylic acids is 1. The zero-order valence-electron chi connectivity index (χ0n) is 13.2. The summed E-state index contributed by atoms with van der Waals surface area (Å²) >= 11 is 0. The molecule has 9 heteroatoms. The van der Waals surface area contributed by atoms with E-state index in [2.05, 4.69) is 20.5 Å². The normalized spacial score (nSPS) is 11.0. The van der Waals surface area contributed by atoms with Crippen molar-refractivity contribution in [2.45, 2.75) is 0 Å². The first-order valence-electron chi connectivity index (χ1n) is 7.19. The van der Waals surface area contributed by atoms with Crippen molar-refractivity contribution < 1.29 is 13.9 Å². The van der Waals surface area contributed by atoms with Gasteiger partial charge >= 0.3 is 0 Å². The van der Waals surface area contributed by atoms with Crippen molar-refractivity contribution in [3.63, 3.8) is 0 Å². The molecule has 0 aliphatic carbocycles. The summed E-state index contributed by atoms with van der Waals surface area (Å²) in [5, 5.41) is 11.7. The summed E-state index contributed by atoms with van der Waals surface area (Å²) in [6, 6.07) is 5.89. The van der Waals surface area contributed by atoms with E-state index < -0.39 is 11.7 Å². The van der Waals surface area contributed by atoms with Gasteiger partial charge in [0.2, 0.25) is 0 Å². The Morgan fingerprint density at radius 2 is 2.25 bits per heavy atom. The van der Waals surface area contributed by atoms with Gasteiger partial charge in [-0.15, -0.1) is 0 Å². The monoisotopic (exact) mass is 330 g/mol. The zero-order valence-corrected chi connectivity index (χ0v) is 13.2. The van der Waals surface area contributed by atoms with Gasteiger partial charge in [-0.2, -0.15) is 0 Å². The number of tetrazole rings is 1. The number of aromatic nitrogens is 5. The van der Waals surface area contributed by atoms with Gasteiger partial charge in [-0.05, 0) is 28.6 Å². The average molecular weight is 330 g/mol. The molecule has 0 spiro atoms. The third-order valence-corrected chi connectivity index (χ3v) is 3.50. The molecule has 124 valence electrons. The van der Waals surface area contributed by atoms with E-state index in [1.54, 1.807) is 25.4 Å². The highest BCUT2D eigenvalue weighted by molar-refractivity contribution is 6.12. The Kier molecular flexibility index (Phi) is 4.43. The van der Waals surface area contributed by atoms with Gasteiger partial charge in [0, 0.05) is 25.7 Å². The fourth-order valence-electron chi connectivity index (χ4n) is 2.39. The molecule has 0 saturated carbocycles. The second-order valence-electron chi connectivity index (χ2n) is 5.08. The van der Waals surface area contributed by atoms with Gasteiger partial charge in [-0.1, -0.05) is 11.2 Å². The smallest absolute Gasteiger partial charge is 0.263 e. The van der Waals surface area contributed by atoms with Crippen LogP contribution in [0.2, 0.25) is 0 Å². The number of aryl methyl sites for hydroxylation is 1. The summed E-state index contributed by atoms with van der Waals surface area (Å²) in [7, 11) is 3.14. The maximum Gasteiger partial charge on any atom is 0.263 e. The van der Waals surface area contributed by atoms with E-state index in [0.717, 1.165) is 0 Å². The molecule has 2 aromatic heterocycles. The fourth-order valence-corrected chi connectivity index (χ4v) is 2.39. The number of methoxy groups -OCH3 is 1. The minimum Gasteiger partial charge on any atom is -0.383 e. The van der Waals surface area contributed by atoms with Crippen molar-refractivity contribution in [3.8, 4) is 0 Å². The van der Waals surface area contributed by atoms with E-state index >= 15 is 0 Å². The Morgan fingerprint density at radius 1 is 1.42 bits per heavy atom. The summed E-state index contributed by atoms with van der Waals surface area (Å²) in [5.74, 6) is -0.722. The molecule has 3 rings (SSSR count). The molecule has 0 N–H and O–H groups in total. The quantitative estimate of drug-likeness (QED) is 0.698. The van der Waals surface area contributed by atoms with Crippen LogP contribution < -0.4 is 4.90 Å². The number of amides is 1. The van der Waals surface area contributed by atoms with Crippen LogP contribution in [0, 0.1) is 5.82 Å². The number of carbonyl (C=O) groups is 1. The van der Waals surface area contributed by atoms with Crippen molar-refractivity contribution in [2.75, 3.05) is 25.2 Å². The minimum absolute atomic E-state index is 0.143. The Morgan fingerprint density at radius 3 is 2.96 bits per heavy atom. The van der Waals surface area contributed by atoms with E-state index in [-0.39, 0.29) is 24.7 Å². The van der Waals surface area contributed by atoms with Crippen LogP contribution in [0.4, 0.5) is 10.3 Å². The van der Waals surface area contributed by atoms with Gasteiger partial charge in [0.1, 0.15) is 5.82 Å². The number of benzene rings is 1. The zero-order chi connectivity index (χ0) is 17.1. The number of ether oxygens (including phenoxy) is 1. The lowest BCUT2D eigenvalue weighted by molar-refractivity contribution is 0.0974. The van der Waals surface area contributed by atoms with Crippen LogP contribution in [-0.4, -0.2) is 51.4 Å². The number of rotatable bonds is 5. The maximum atomic E-state index is 13.9. The topological polar surface area (TPSA) is 86.0 Å². The van der Waals surface area contributed by atoms with E-state index in [1.807, 2.05) is 0 Å². The Bertz CT molecular complexity index is 881. The summed E-state index contributed by atoms with van der Waals surface area (Å²) in [6.45, 7) is 0.494. The molecule has 0 saturated heterocycles. The summed E-state index contributed by atoms with van der Waals surface area (Å²) in [6.07, 6.45) is 1.56. The number of pyridine rings is 1. The molecule has 0 aliphatic rings. The van der Waals surface area contributed by atoms with Crippen LogP contribution >= 0.6 is 0 Å². The predicted octanol–water partition coefficient (Wildman–Crippen LogP) is 1.19. The van der Waals surface area contributed by atoms with Gasteiger partial charge < -0.3 is 4.74 Å². The first kappa shape index (κ1) is 15.9. The molecular formula is C15H15FN6O2. The fraction of sp³-hybridized carbons (Fsp3) is 0.267. The number of nitrogens with zero attached hydrogens (tertiary/aromatic N) is 6. The van der Waals surface area contributed by atoms with E-state index in [9.17, 15) is 9.18 Å². The van der Waals surface area contributed by atoms with Crippen molar-refractivity contribution in [2.24, 2.45) is 7.05 Å². The summed E-state index contributed by atoms with van der Waals surface area (Å²) in [4.78, 5) is 18.6. The first-order valence-corrected chi connectivity index (χ1v) is 7.19. The van der Waals surface area contributed by atoms with Gasteiger partial charge in [0.05, 0.1) is 24.2 Å². The van der Waals surface area contributed by atoms with E-state index in [0.29, 0.717) is 10.9 Å². The van der Waals surface area contributed by atoms with Crippen molar-refractivity contribution in [1.29, 1.82) is 0 Å². The Balaban J connectivity index is 2.09. The number of hydrogen-bond acceptors (Lipinski definition) is 6. The lowest BCUT2D eigenvalue weighted by Crippen LogP contribution is -2.36. The first-order chi connectivity index (χ1) is 11.6. The summed E-state index contributed by atoms with van der Waals surface area (Å²) in [5.41, 5.74) is 0.561. The second kappa shape index (κ2) is 6.67. The van der Waals surface area contributed by atoms with Crippen molar-refractivity contribution in [3.05, 3.63) is 41.8 Å². The van der Waals surface area contributed by atoms with Gasteiger partial charge in [0.25, 0.3) is 11.9 Å². The predicted molar refractivity (Wildman–Crippen MR) is 84.1 cm³/mol. The molecule has 0 fully saturated rings. The van der Waals surface area contributed by atoms with Crippen LogP contribution in [0.25, 0.3) is 10.9 Å². The third-order valence-electron chi connectivity index (χ3n) is 3.50. The van der Waals surface area contributed by atoms with Crippen LogP contribution in [0.3, 0.4) is 0 Å².